The monoisotopic (exact) mass is 378 g/mol. The van der Waals surface area contributed by atoms with Crippen molar-refractivity contribution in [3.8, 4) is 5.75 Å². The summed E-state index contributed by atoms with van der Waals surface area (Å²) in [5.41, 5.74) is 0.0345. The number of carbonyl (C=O) groups is 2. The van der Waals surface area contributed by atoms with Crippen LogP contribution in [0.2, 0.25) is 0 Å². The van der Waals surface area contributed by atoms with Gasteiger partial charge in [0.05, 0.1) is 16.0 Å². The highest BCUT2D eigenvalue weighted by Crippen LogP contribution is 2.25. The summed E-state index contributed by atoms with van der Waals surface area (Å²) < 4.78 is 36.5. The van der Waals surface area contributed by atoms with Gasteiger partial charge in [-0.25, -0.2) is 9.59 Å². The van der Waals surface area contributed by atoms with E-state index >= 15 is 0 Å². The predicted molar refractivity (Wildman–Crippen MR) is 93.3 cm³/mol. The minimum absolute atomic E-state index is 0.0787. The Bertz CT molecular complexity index is 952. The molecule has 0 aliphatic carbocycles. The molecule has 0 atom stereocenters. The molecule has 8 heteroatoms. The summed E-state index contributed by atoms with van der Waals surface area (Å²) in [5.74, 6) is -2.25. The molecule has 2 rings (SSSR count). The van der Waals surface area contributed by atoms with E-state index in [2.05, 4.69) is 0 Å². The maximum Gasteiger partial charge on any atom is 0.344 e. The highest BCUT2D eigenvalue weighted by Gasteiger charge is 2.22. The number of esters is 1. The van der Waals surface area contributed by atoms with E-state index in [1.165, 1.54) is 0 Å². The van der Waals surface area contributed by atoms with Crippen molar-refractivity contribution in [1.82, 2.24) is 0 Å². The smallest absolute Gasteiger partial charge is 0.344 e. The molecule has 0 heterocycles. The quantitative estimate of drug-likeness (QED) is 0.476. The molecule has 0 spiro atoms. The van der Waals surface area contributed by atoms with E-state index in [1.54, 1.807) is 24.3 Å². The zero-order chi connectivity index (χ0) is 19.7. The average Bonchev–Trinajstić information content (AvgIpc) is 2.53. The Morgan fingerprint density at radius 3 is 2.00 bits per heavy atom. The van der Waals surface area contributed by atoms with Gasteiger partial charge in [0.15, 0.2) is 0 Å². The highest BCUT2D eigenvalue weighted by molar-refractivity contribution is 7.85. The van der Waals surface area contributed by atoms with Crippen LogP contribution in [0.5, 0.6) is 5.75 Å². The van der Waals surface area contributed by atoms with E-state index < -0.39 is 32.5 Å². The van der Waals surface area contributed by atoms with Crippen LogP contribution in [-0.2, 0) is 15.5 Å². The lowest BCUT2D eigenvalue weighted by Crippen LogP contribution is -2.15. The zero-order valence-corrected chi connectivity index (χ0v) is 15.2. The molecule has 0 unspecified atom stereocenters. The SMILES string of the molecule is CC(C)(C)c1ccc(OC(=O)c2ccc(S(=O)(=O)O)cc2C(=O)O)cc1. The fourth-order valence-corrected chi connectivity index (χ4v) is 2.73. The van der Waals surface area contributed by atoms with Crippen LogP contribution >= 0.6 is 0 Å². The number of ether oxygens (including phenoxy) is 1. The molecule has 0 bridgehead atoms. The Labute approximate surface area is 151 Å². The second-order valence-corrected chi connectivity index (χ2v) is 8.07. The van der Waals surface area contributed by atoms with Crippen LogP contribution < -0.4 is 4.74 Å². The summed E-state index contributed by atoms with van der Waals surface area (Å²) in [4.78, 5) is 23.0. The first-order valence-electron chi connectivity index (χ1n) is 7.57. The Kier molecular flexibility index (Phi) is 5.20. The lowest BCUT2D eigenvalue weighted by atomic mass is 9.87. The van der Waals surface area contributed by atoms with E-state index in [9.17, 15) is 23.1 Å². The molecule has 138 valence electrons. The van der Waals surface area contributed by atoms with Gasteiger partial charge in [0, 0.05) is 0 Å². The summed E-state index contributed by atoms with van der Waals surface area (Å²) in [5, 5.41) is 9.21. The molecular formula is C18H18O7S. The van der Waals surface area contributed by atoms with Crippen LogP contribution in [0.15, 0.2) is 47.4 Å². The molecule has 0 aliphatic rings. The van der Waals surface area contributed by atoms with Gasteiger partial charge in [0.2, 0.25) is 0 Å². The third-order valence-corrected chi connectivity index (χ3v) is 4.52. The summed E-state index contributed by atoms with van der Waals surface area (Å²) >= 11 is 0. The maximum atomic E-state index is 12.3. The van der Waals surface area contributed by atoms with Crippen LogP contribution in [-0.4, -0.2) is 30.0 Å². The number of benzene rings is 2. The van der Waals surface area contributed by atoms with Crippen molar-refractivity contribution >= 4 is 22.1 Å². The molecule has 0 radical (unpaired) electrons. The van der Waals surface area contributed by atoms with E-state index in [4.69, 9.17) is 9.29 Å². The van der Waals surface area contributed by atoms with Gasteiger partial charge in [-0.05, 0) is 41.3 Å². The molecule has 0 aromatic heterocycles. The van der Waals surface area contributed by atoms with E-state index in [0.29, 0.717) is 6.07 Å². The van der Waals surface area contributed by atoms with Crippen molar-refractivity contribution in [2.75, 3.05) is 0 Å². The first-order chi connectivity index (χ1) is 11.9. The number of hydrogen-bond acceptors (Lipinski definition) is 5. The van der Waals surface area contributed by atoms with Crippen molar-refractivity contribution < 1.29 is 32.4 Å². The van der Waals surface area contributed by atoms with Gasteiger partial charge in [0.25, 0.3) is 10.1 Å². The summed E-state index contributed by atoms with van der Waals surface area (Å²) in [6.07, 6.45) is 0. The van der Waals surface area contributed by atoms with Gasteiger partial charge in [-0.15, -0.1) is 0 Å². The summed E-state index contributed by atoms with van der Waals surface area (Å²) in [6.45, 7) is 6.09. The van der Waals surface area contributed by atoms with Crippen LogP contribution in [0.1, 0.15) is 47.1 Å². The normalized spacial score (nSPS) is 11.8. The molecule has 0 saturated carbocycles. The zero-order valence-electron chi connectivity index (χ0n) is 14.4. The topological polar surface area (TPSA) is 118 Å². The van der Waals surface area contributed by atoms with Gasteiger partial charge in [-0.2, -0.15) is 8.42 Å². The van der Waals surface area contributed by atoms with Crippen molar-refractivity contribution in [2.45, 2.75) is 31.1 Å². The fourth-order valence-electron chi connectivity index (χ4n) is 2.22. The van der Waals surface area contributed by atoms with Gasteiger partial charge < -0.3 is 9.84 Å². The van der Waals surface area contributed by atoms with E-state index in [-0.39, 0.29) is 16.7 Å². The minimum atomic E-state index is -4.59. The number of carboxylic acid groups (broad SMARTS) is 1. The Balaban J connectivity index is 2.33. The Hall–Kier alpha value is -2.71. The number of aromatic carboxylic acids is 1. The van der Waals surface area contributed by atoms with Crippen LogP contribution in [0.3, 0.4) is 0 Å². The predicted octanol–water partition coefficient (Wildman–Crippen LogP) is 3.15. The third kappa shape index (κ3) is 4.47. The maximum absolute atomic E-state index is 12.3. The Morgan fingerprint density at radius 2 is 1.54 bits per heavy atom. The molecule has 2 aromatic carbocycles. The molecule has 0 aliphatic heterocycles. The third-order valence-electron chi connectivity index (χ3n) is 3.67. The largest absolute Gasteiger partial charge is 0.478 e. The molecule has 7 nitrogen and oxygen atoms in total. The van der Waals surface area contributed by atoms with Gasteiger partial charge >= 0.3 is 11.9 Å². The fraction of sp³-hybridized carbons (Fsp3) is 0.222. The number of hydrogen-bond donors (Lipinski definition) is 2. The molecule has 2 N–H and O–H groups in total. The number of carboxylic acids is 1. The first-order valence-corrected chi connectivity index (χ1v) is 9.01. The van der Waals surface area contributed by atoms with E-state index in [0.717, 1.165) is 17.7 Å². The van der Waals surface area contributed by atoms with Crippen molar-refractivity contribution in [2.24, 2.45) is 0 Å². The molecule has 26 heavy (non-hydrogen) atoms. The van der Waals surface area contributed by atoms with Gasteiger partial charge in [-0.1, -0.05) is 32.9 Å². The van der Waals surface area contributed by atoms with Crippen molar-refractivity contribution in [3.63, 3.8) is 0 Å². The van der Waals surface area contributed by atoms with Crippen molar-refractivity contribution in [3.05, 3.63) is 59.2 Å². The molecule has 0 amide bonds. The lowest BCUT2D eigenvalue weighted by Gasteiger charge is -2.19. The van der Waals surface area contributed by atoms with Crippen molar-refractivity contribution in [1.29, 1.82) is 0 Å². The Morgan fingerprint density at radius 1 is 0.962 bits per heavy atom. The molecule has 2 aromatic rings. The minimum Gasteiger partial charge on any atom is -0.478 e. The van der Waals surface area contributed by atoms with Gasteiger partial charge in [-0.3, -0.25) is 4.55 Å². The molecule has 0 fully saturated rings. The second kappa shape index (κ2) is 6.89. The lowest BCUT2D eigenvalue weighted by molar-refractivity contribution is 0.0667. The standard InChI is InChI=1S/C18H18O7S/c1-18(2,3)11-4-6-12(7-5-11)25-17(21)14-9-8-13(26(22,23)24)10-15(14)16(19)20/h4-10H,1-3H3,(H,19,20)(H,22,23,24). The molecule has 0 saturated heterocycles. The number of carbonyl (C=O) groups excluding carboxylic acids is 1. The van der Waals surface area contributed by atoms with E-state index in [1.807, 2.05) is 20.8 Å². The number of rotatable bonds is 4. The molecular weight excluding hydrogens is 360 g/mol. The summed E-state index contributed by atoms with van der Waals surface area (Å²) in [6, 6.07) is 9.39. The van der Waals surface area contributed by atoms with Crippen LogP contribution in [0.4, 0.5) is 0 Å². The van der Waals surface area contributed by atoms with Crippen LogP contribution in [0, 0.1) is 0 Å². The van der Waals surface area contributed by atoms with Crippen LogP contribution in [0.25, 0.3) is 0 Å². The van der Waals surface area contributed by atoms with Gasteiger partial charge in [0.1, 0.15) is 5.75 Å². The first kappa shape index (κ1) is 19.6. The summed E-state index contributed by atoms with van der Waals surface area (Å²) in [7, 11) is -4.59. The average molecular weight is 378 g/mol. The second-order valence-electron chi connectivity index (χ2n) is 6.65. The highest BCUT2D eigenvalue weighted by atomic mass is 32.2.